The Hall–Kier alpha value is -3.47. The lowest BCUT2D eigenvalue weighted by atomic mass is 9.72. The van der Waals surface area contributed by atoms with Crippen LogP contribution in [0.4, 0.5) is 0 Å². The van der Waals surface area contributed by atoms with E-state index in [1.807, 2.05) is 4.90 Å². The summed E-state index contributed by atoms with van der Waals surface area (Å²) in [5, 5.41) is 54.7. The molecule has 3 saturated heterocycles. The second-order valence-corrected chi connectivity index (χ2v) is 12.1. The molecule has 5 N–H and O–H groups in total. The molecule has 0 amide bonds. The van der Waals surface area contributed by atoms with E-state index in [2.05, 4.69) is 0 Å². The summed E-state index contributed by atoms with van der Waals surface area (Å²) in [7, 11) is 1.33. The largest absolute Gasteiger partial charge is 0.507 e. The monoisotopic (exact) mass is 627 g/mol. The topological polar surface area (TPSA) is 202 Å². The van der Waals surface area contributed by atoms with Crippen LogP contribution in [-0.2, 0) is 30.2 Å². The van der Waals surface area contributed by atoms with E-state index in [-0.39, 0.29) is 47.1 Å². The zero-order chi connectivity index (χ0) is 31.9. The van der Waals surface area contributed by atoms with Crippen LogP contribution >= 0.6 is 0 Å². The molecule has 0 spiro atoms. The van der Waals surface area contributed by atoms with Crippen molar-refractivity contribution in [3.05, 3.63) is 51.6 Å². The molecule has 0 unspecified atom stereocenters. The number of hydrogen-bond acceptors (Lipinski definition) is 14. The van der Waals surface area contributed by atoms with Gasteiger partial charge in [0.2, 0.25) is 5.78 Å². The number of ketones is 3. The smallest absolute Gasteiger partial charge is 0.202 e. The molecule has 45 heavy (non-hydrogen) atoms. The lowest BCUT2D eigenvalue weighted by molar-refractivity contribution is -0.252. The summed E-state index contributed by atoms with van der Waals surface area (Å²) in [4.78, 5) is 42.3. The Morgan fingerprint density at radius 2 is 1.87 bits per heavy atom. The van der Waals surface area contributed by atoms with Gasteiger partial charge < -0.3 is 49.2 Å². The molecule has 7 rings (SSSR count). The third-order valence-electron chi connectivity index (χ3n) is 9.63. The van der Waals surface area contributed by atoms with Gasteiger partial charge in [0, 0.05) is 48.5 Å². The number of phenols is 2. The molecule has 2 aliphatic carbocycles. The fraction of sp³-hybridized carbons (Fsp3) is 0.516. The summed E-state index contributed by atoms with van der Waals surface area (Å²) in [6.07, 6.45) is -5.87. The first-order valence-corrected chi connectivity index (χ1v) is 14.7. The SMILES string of the molecule is COc1cccc2c1C(=O)c1c(O)c3c(c(O)c1C2=O)C[C@@](O)(C(=O)CO)C[C@@H]3O[C@H]1C[C@H]2[C@H](O[C@@H]3[C@@H](O)OCCN32)[C@H](C)O1. The number of benzene rings is 2. The number of phenolic OH excluding ortho intramolecular Hbond substituents is 2. The van der Waals surface area contributed by atoms with Crippen LogP contribution in [0.25, 0.3) is 0 Å². The van der Waals surface area contributed by atoms with Crippen LogP contribution in [0.15, 0.2) is 18.2 Å². The number of hydrogen-bond donors (Lipinski definition) is 5. The van der Waals surface area contributed by atoms with Gasteiger partial charge in [-0.2, -0.15) is 0 Å². The highest BCUT2D eigenvalue weighted by atomic mass is 16.7. The van der Waals surface area contributed by atoms with Crippen LogP contribution < -0.4 is 4.74 Å². The predicted octanol–water partition coefficient (Wildman–Crippen LogP) is 0.0572. The Morgan fingerprint density at radius 3 is 2.60 bits per heavy atom. The highest BCUT2D eigenvalue weighted by Crippen LogP contribution is 2.53. The predicted molar refractivity (Wildman–Crippen MR) is 149 cm³/mol. The first kappa shape index (κ1) is 30.2. The van der Waals surface area contributed by atoms with E-state index >= 15 is 0 Å². The number of carbonyl (C=O) groups excluding carboxylic acids is 3. The third kappa shape index (κ3) is 4.43. The molecular formula is C31H33NO13. The standard InChI is InChI=1S/C31H33NO13/c1-12-28-15(32-6-7-42-30(39)29(32)45-28)8-19(43-12)44-17-10-31(40,18(34)11-33)9-14-21(17)27(38)23-22(25(14)36)24(35)13-4-3-5-16(41-2)20(13)26(23)37/h3-5,12,15,17,19,28-30,33,36,38-40H,6-11H2,1-2H3/t12-,15-,17-,19-,28+,29+,30-,31-/m0/s1. The van der Waals surface area contributed by atoms with Gasteiger partial charge in [0.05, 0.1) is 42.6 Å². The maximum atomic E-state index is 13.8. The minimum atomic E-state index is -2.24. The molecule has 3 heterocycles. The van der Waals surface area contributed by atoms with Crippen molar-refractivity contribution >= 4 is 17.3 Å². The second-order valence-electron chi connectivity index (χ2n) is 12.1. The van der Waals surface area contributed by atoms with Crippen molar-refractivity contribution in [2.24, 2.45) is 0 Å². The molecule has 2 aromatic rings. The number of aliphatic hydroxyl groups excluding tert-OH is 2. The Kier molecular flexibility index (Phi) is 7.26. The number of aliphatic hydroxyl groups is 3. The number of methoxy groups -OCH3 is 1. The minimum Gasteiger partial charge on any atom is -0.507 e. The number of carbonyl (C=O) groups is 3. The number of morpholine rings is 1. The lowest BCUT2D eigenvalue weighted by Gasteiger charge is -2.43. The molecule has 0 aromatic heterocycles. The van der Waals surface area contributed by atoms with Gasteiger partial charge in [0.25, 0.3) is 0 Å². The molecular weight excluding hydrogens is 594 g/mol. The Balaban J connectivity index is 1.31. The summed E-state index contributed by atoms with van der Waals surface area (Å²) >= 11 is 0. The van der Waals surface area contributed by atoms with Crippen LogP contribution in [0.2, 0.25) is 0 Å². The van der Waals surface area contributed by atoms with Gasteiger partial charge >= 0.3 is 0 Å². The van der Waals surface area contributed by atoms with Crippen molar-refractivity contribution in [3.63, 3.8) is 0 Å². The summed E-state index contributed by atoms with van der Waals surface area (Å²) in [6.45, 7) is 1.53. The normalized spacial score (nSPS) is 33.9. The number of Topliss-reactive ketones (excluding diaryl/α,β-unsaturated/α-hetero) is 1. The van der Waals surface area contributed by atoms with Crippen LogP contribution in [0, 0.1) is 0 Å². The molecule has 2 aromatic carbocycles. The van der Waals surface area contributed by atoms with Gasteiger partial charge in [0.1, 0.15) is 35.6 Å². The van der Waals surface area contributed by atoms with E-state index in [0.717, 1.165) is 0 Å². The Morgan fingerprint density at radius 1 is 1.11 bits per heavy atom. The van der Waals surface area contributed by atoms with Crippen LogP contribution in [0.1, 0.15) is 68.8 Å². The molecule has 5 aliphatic rings. The first-order valence-electron chi connectivity index (χ1n) is 14.7. The highest BCUT2D eigenvalue weighted by Gasteiger charge is 2.55. The summed E-state index contributed by atoms with van der Waals surface area (Å²) in [5.41, 5.74) is -3.53. The maximum absolute atomic E-state index is 13.8. The fourth-order valence-electron chi connectivity index (χ4n) is 7.52. The van der Waals surface area contributed by atoms with Crippen molar-refractivity contribution < 1.29 is 63.6 Å². The van der Waals surface area contributed by atoms with Crippen LogP contribution in [0.5, 0.6) is 17.2 Å². The van der Waals surface area contributed by atoms with E-state index in [1.165, 1.54) is 25.3 Å². The van der Waals surface area contributed by atoms with Crippen molar-refractivity contribution in [2.75, 3.05) is 26.9 Å². The molecule has 0 radical (unpaired) electrons. The van der Waals surface area contributed by atoms with Crippen molar-refractivity contribution in [1.82, 2.24) is 4.90 Å². The summed E-state index contributed by atoms with van der Waals surface area (Å²) in [5.74, 6) is -3.69. The molecule has 14 heteroatoms. The maximum Gasteiger partial charge on any atom is 0.202 e. The lowest BCUT2D eigenvalue weighted by Crippen LogP contribution is -2.55. The van der Waals surface area contributed by atoms with Gasteiger partial charge in [-0.3, -0.25) is 19.3 Å². The van der Waals surface area contributed by atoms with Crippen molar-refractivity contribution in [2.45, 2.75) is 74.9 Å². The Labute approximate surface area is 256 Å². The molecule has 0 saturated carbocycles. The van der Waals surface area contributed by atoms with E-state index < -0.39 is 102 Å². The molecule has 0 bridgehead atoms. The van der Waals surface area contributed by atoms with E-state index in [4.69, 9.17) is 23.7 Å². The second kappa shape index (κ2) is 10.8. The quantitative estimate of drug-likeness (QED) is 0.238. The Bertz CT molecular complexity index is 1610. The molecule has 3 aliphatic heterocycles. The van der Waals surface area contributed by atoms with E-state index in [9.17, 15) is 39.9 Å². The highest BCUT2D eigenvalue weighted by molar-refractivity contribution is 6.31. The first-order chi connectivity index (χ1) is 21.5. The van der Waals surface area contributed by atoms with E-state index in [0.29, 0.717) is 6.54 Å². The zero-order valence-corrected chi connectivity index (χ0v) is 24.5. The van der Waals surface area contributed by atoms with E-state index in [1.54, 1.807) is 6.92 Å². The van der Waals surface area contributed by atoms with Gasteiger partial charge in [-0.05, 0) is 13.0 Å². The van der Waals surface area contributed by atoms with Gasteiger partial charge in [-0.25, -0.2) is 0 Å². The molecule has 240 valence electrons. The average Bonchev–Trinajstić information content (AvgIpc) is 3.41. The molecule has 14 nitrogen and oxygen atoms in total. The molecule has 8 atom stereocenters. The number of ether oxygens (including phenoxy) is 5. The summed E-state index contributed by atoms with van der Waals surface area (Å²) < 4.78 is 29.2. The summed E-state index contributed by atoms with van der Waals surface area (Å²) in [6, 6.07) is 4.15. The minimum absolute atomic E-state index is 0.0451. The number of nitrogens with zero attached hydrogens (tertiary/aromatic N) is 1. The molecule has 3 fully saturated rings. The van der Waals surface area contributed by atoms with Gasteiger partial charge in [0.15, 0.2) is 30.4 Å². The average molecular weight is 628 g/mol. The van der Waals surface area contributed by atoms with Crippen LogP contribution in [0.3, 0.4) is 0 Å². The van der Waals surface area contributed by atoms with Crippen LogP contribution in [-0.4, -0.2) is 117 Å². The number of aromatic hydroxyl groups is 2. The van der Waals surface area contributed by atoms with Crippen molar-refractivity contribution in [1.29, 1.82) is 0 Å². The fourth-order valence-corrected chi connectivity index (χ4v) is 7.52. The van der Waals surface area contributed by atoms with Crippen molar-refractivity contribution in [3.8, 4) is 17.2 Å². The van der Waals surface area contributed by atoms with Gasteiger partial charge in [-0.15, -0.1) is 0 Å². The van der Waals surface area contributed by atoms with Gasteiger partial charge in [-0.1, -0.05) is 12.1 Å². The third-order valence-corrected chi connectivity index (χ3v) is 9.63. The number of rotatable bonds is 5. The number of fused-ring (bicyclic) bond motifs is 6. The zero-order valence-electron chi connectivity index (χ0n) is 24.5.